The van der Waals surface area contributed by atoms with E-state index in [1.165, 1.54) is 24.3 Å². The van der Waals surface area contributed by atoms with E-state index in [1.807, 2.05) is 24.3 Å². The van der Waals surface area contributed by atoms with Crippen LogP contribution in [0.3, 0.4) is 0 Å². The van der Waals surface area contributed by atoms with Gasteiger partial charge in [-0.3, -0.25) is 9.59 Å². The van der Waals surface area contributed by atoms with Gasteiger partial charge in [-0.1, -0.05) is 42.2 Å². The number of hydrogen-bond acceptors (Lipinski definition) is 4. The fourth-order valence-electron chi connectivity index (χ4n) is 2.10. The SMILES string of the molecule is O=C1C(=Cc2ccccc2I)SC(=S)N1C(=O)c1ccc(F)cc1. The summed E-state index contributed by atoms with van der Waals surface area (Å²) in [6.07, 6.45) is 1.72. The minimum Gasteiger partial charge on any atom is -0.268 e. The minimum absolute atomic E-state index is 0.173. The molecule has 1 heterocycles. The average molecular weight is 469 g/mol. The standard InChI is InChI=1S/C17H9FINO2S2/c18-12-7-5-10(6-8-12)15(21)20-16(22)14(24-17(20)23)9-11-3-1-2-4-13(11)19/h1-9H. The molecule has 0 unspecified atom stereocenters. The molecule has 1 aliphatic rings. The summed E-state index contributed by atoms with van der Waals surface area (Å²) in [5, 5.41) is 0. The van der Waals surface area contributed by atoms with Crippen LogP contribution in [0.1, 0.15) is 15.9 Å². The van der Waals surface area contributed by atoms with Crippen molar-refractivity contribution >= 4 is 68.8 Å². The van der Waals surface area contributed by atoms with Gasteiger partial charge in [-0.2, -0.15) is 0 Å². The number of amides is 2. The van der Waals surface area contributed by atoms with Crippen molar-refractivity contribution in [1.29, 1.82) is 0 Å². The lowest BCUT2D eigenvalue weighted by Crippen LogP contribution is -2.34. The summed E-state index contributed by atoms with van der Waals surface area (Å²) in [5.74, 6) is -1.46. The van der Waals surface area contributed by atoms with E-state index >= 15 is 0 Å². The Hall–Kier alpha value is -1.58. The molecule has 0 aromatic heterocycles. The van der Waals surface area contributed by atoms with Crippen molar-refractivity contribution in [1.82, 2.24) is 4.90 Å². The summed E-state index contributed by atoms with van der Waals surface area (Å²) >= 11 is 8.43. The molecule has 0 aliphatic carbocycles. The number of carbonyl (C=O) groups is 2. The summed E-state index contributed by atoms with van der Waals surface area (Å²) < 4.78 is 14.2. The predicted octanol–water partition coefficient (Wildman–Crippen LogP) is 4.47. The Bertz CT molecular complexity index is 880. The van der Waals surface area contributed by atoms with Gasteiger partial charge in [0.1, 0.15) is 5.82 Å². The number of halogens is 2. The van der Waals surface area contributed by atoms with Crippen molar-refractivity contribution in [2.45, 2.75) is 0 Å². The highest BCUT2D eigenvalue weighted by Gasteiger charge is 2.37. The lowest BCUT2D eigenvalue weighted by atomic mass is 10.2. The first-order valence-corrected chi connectivity index (χ1v) is 9.10. The highest BCUT2D eigenvalue weighted by atomic mass is 127. The monoisotopic (exact) mass is 469 g/mol. The van der Waals surface area contributed by atoms with Crippen molar-refractivity contribution in [3.8, 4) is 0 Å². The zero-order valence-electron chi connectivity index (χ0n) is 12.0. The molecule has 3 nitrogen and oxygen atoms in total. The first-order chi connectivity index (χ1) is 11.5. The maximum Gasteiger partial charge on any atom is 0.273 e. The smallest absolute Gasteiger partial charge is 0.268 e. The van der Waals surface area contributed by atoms with Crippen LogP contribution >= 0.6 is 46.6 Å². The summed E-state index contributed by atoms with van der Waals surface area (Å²) in [5.41, 5.74) is 1.09. The van der Waals surface area contributed by atoms with Crippen molar-refractivity contribution in [3.05, 3.63) is 74.0 Å². The molecule has 3 rings (SSSR count). The van der Waals surface area contributed by atoms with Crippen LogP contribution in [0, 0.1) is 9.39 Å². The number of benzene rings is 2. The predicted molar refractivity (Wildman–Crippen MR) is 105 cm³/mol. The van der Waals surface area contributed by atoms with E-state index in [0.29, 0.717) is 4.91 Å². The van der Waals surface area contributed by atoms with Crippen LogP contribution in [0.15, 0.2) is 53.4 Å². The fraction of sp³-hybridized carbons (Fsp3) is 0. The molecule has 1 fully saturated rings. The maximum absolute atomic E-state index is 13.0. The Morgan fingerprint density at radius 1 is 1.17 bits per heavy atom. The molecular formula is C17H9FINO2S2. The highest BCUT2D eigenvalue weighted by Crippen LogP contribution is 2.34. The second kappa shape index (κ2) is 7.12. The van der Waals surface area contributed by atoms with Gasteiger partial charge in [-0.25, -0.2) is 9.29 Å². The van der Waals surface area contributed by atoms with Crippen molar-refractivity contribution < 1.29 is 14.0 Å². The summed E-state index contributed by atoms with van der Waals surface area (Å²) in [6, 6.07) is 12.6. The van der Waals surface area contributed by atoms with Crippen LogP contribution < -0.4 is 0 Å². The Labute approximate surface area is 161 Å². The van der Waals surface area contributed by atoms with Gasteiger partial charge in [0.2, 0.25) is 0 Å². The zero-order chi connectivity index (χ0) is 17.3. The number of thioether (sulfide) groups is 1. The van der Waals surface area contributed by atoms with Crippen molar-refractivity contribution in [3.63, 3.8) is 0 Å². The van der Waals surface area contributed by atoms with E-state index in [9.17, 15) is 14.0 Å². The largest absolute Gasteiger partial charge is 0.273 e. The van der Waals surface area contributed by atoms with Gasteiger partial charge in [-0.05, 0) is 64.6 Å². The van der Waals surface area contributed by atoms with Gasteiger partial charge in [0, 0.05) is 9.13 Å². The molecule has 2 aromatic carbocycles. The lowest BCUT2D eigenvalue weighted by molar-refractivity contribution is -0.120. The van der Waals surface area contributed by atoms with Crippen molar-refractivity contribution in [2.24, 2.45) is 0 Å². The first-order valence-electron chi connectivity index (χ1n) is 6.80. The summed E-state index contributed by atoms with van der Waals surface area (Å²) in [7, 11) is 0. The molecule has 24 heavy (non-hydrogen) atoms. The number of rotatable bonds is 2. The van der Waals surface area contributed by atoms with Gasteiger partial charge in [0.15, 0.2) is 4.32 Å². The number of nitrogens with zero attached hydrogens (tertiary/aromatic N) is 1. The van der Waals surface area contributed by atoms with Crippen LogP contribution in [-0.4, -0.2) is 21.0 Å². The Morgan fingerprint density at radius 3 is 2.50 bits per heavy atom. The molecule has 0 saturated carbocycles. The fourth-order valence-corrected chi connectivity index (χ4v) is 3.89. The molecule has 0 atom stereocenters. The van der Waals surface area contributed by atoms with Crippen LogP contribution in [-0.2, 0) is 4.79 Å². The van der Waals surface area contributed by atoms with Crippen LogP contribution in [0.25, 0.3) is 6.08 Å². The molecule has 0 radical (unpaired) electrons. The van der Waals surface area contributed by atoms with Gasteiger partial charge in [0.05, 0.1) is 4.91 Å². The molecule has 1 aliphatic heterocycles. The second-order valence-electron chi connectivity index (χ2n) is 4.85. The first kappa shape index (κ1) is 17.2. The highest BCUT2D eigenvalue weighted by molar-refractivity contribution is 14.1. The Morgan fingerprint density at radius 2 is 1.83 bits per heavy atom. The van der Waals surface area contributed by atoms with E-state index in [2.05, 4.69) is 22.6 Å². The molecule has 0 N–H and O–H groups in total. The maximum atomic E-state index is 13.0. The summed E-state index contributed by atoms with van der Waals surface area (Å²) in [4.78, 5) is 26.4. The third-order valence-corrected chi connectivity index (χ3v) is 5.56. The summed E-state index contributed by atoms with van der Waals surface area (Å²) in [6.45, 7) is 0. The van der Waals surface area contributed by atoms with Gasteiger partial charge < -0.3 is 0 Å². The number of carbonyl (C=O) groups excluding carboxylic acids is 2. The van der Waals surface area contributed by atoms with E-state index in [4.69, 9.17) is 12.2 Å². The molecular weight excluding hydrogens is 460 g/mol. The molecule has 0 bridgehead atoms. The van der Waals surface area contributed by atoms with E-state index in [0.717, 1.165) is 25.8 Å². The quantitative estimate of drug-likeness (QED) is 0.282. The van der Waals surface area contributed by atoms with Crippen LogP contribution in [0.2, 0.25) is 0 Å². The zero-order valence-corrected chi connectivity index (χ0v) is 15.8. The Kier molecular flexibility index (Phi) is 5.12. The van der Waals surface area contributed by atoms with E-state index in [1.54, 1.807) is 6.08 Å². The Balaban J connectivity index is 1.91. The normalized spacial score (nSPS) is 16.1. The second-order valence-corrected chi connectivity index (χ2v) is 7.69. The van der Waals surface area contributed by atoms with Gasteiger partial charge in [-0.15, -0.1) is 0 Å². The van der Waals surface area contributed by atoms with Crippen molar-refractivity contribution in [2.75, 3.05) is 0 Å². The van der Waals surface area contributed by atoms with Gasteiger partial charge in [0.25, 0.3) is 11.8 Å². The minimum atomic E-state index is -0.552. The molecule has 0 spiro atoms. The third-order valence-electron chi connectivity index (χ3n) is 3.28. The number of imide groups is 1. The molecule has 120 valence electrons. The molecule has 2 aromatic rings. The van der Waals surface area contributed by atoms with Crippen LogP contribution in [0.4, 0.5) is 4.39 Å². The topological polar surface area (TPSA) is 37.4 Å². The molecule has 7 heteroatoms. The lowest BCUT2D eigenvalue weighted by Gasteiger charge is -2.12. The van der Waals surface area contributed by atoms with E-state index in [-0.39, 0.29) is 9.88 Å². The van der Waals surface area contributed by atoms with E-state index < -0.39 is 17.6 Å². The number of thiocarbonyl (C=S) groups is 1. The average Bonchev–Trinajstić information content (AvgIpc) is 2.84. The molecule has 2 amide bonds. The van der Waals surface area contributed by atoms with Gasteiger partial charge >= 0.3 is 0 Å². The van der Waals surface area contributed by atoms with Crippen LogP contribution in [0.5, 0.6) is 0 Å². The molecule has 1 saturated heterocycles. The number of hydrogen-bond donors (Lipinski definition) is 0. The third kappa shape index (κ3) is 3.42.